The Balaban J connectivity index is 1.49. The van der Waals surface area contributed by atoms with Crippen LogP contribution in [0.2, 0.25) is 0 Å². The normalized spacial score (nSPS) is 18.3. The molecule has 0 saturated carbocycles. The van der Waals surface area contributed by atoms with Crippen LogP contribution in [0.5, 0.6) is 0 Å². The SMILES string of the molecule is CC(=O)N1CC2(C1)CN(c1ccnc(-c3ccc(C)c(F)c3)c1)C2. The second-order valence-electron chi connectivity index (χ2n) is 7.09. The summed E-state index contributed by atoms with van der Waals surface area (Å²) in [6.07, 6.45) is 1.77. The zero-order chi connectivity index (χ0) is 16.9. The molecule has 2 aliphatic rings. The number of carbonyl (C=O) groups excluding carboxylic acids is 1. The van der Waals surface area contributed by atoms with Crippen molar-refractivity contribution < 1.29 is 9.18 Å². The lowest BCUT2D eigenvalue weighted by Gasteiger charge is -2.60. The van der Waals surface area contributed by atoms with Crippen LogP contribution in [0.15, 0.2) is 36.5 Å². The lowest BCUT2D eigenvalue weighted by molar-refractivity contribution is -0.142. The van der Waals surface area contributed by atoms with Crippen molar-refractivity contribution in [2.45, 2.75) is 13.8 Å². The zero-order valence-corrected chi connectivity index (χ0v) is 13.9. The van der Waals surface area contributed by atoms with E-state index in [0.717, 1.165) is 43.1 Å². The summed E-state index contributed by atoms with van der Waals surface area (Å²) >= 11 is 0. The molecule has 5 heteroatoms. The Kier molecular flexibility index (Phi) is 3.34. The molecule has 0 unspecified atom stereocenters. The van der Waals surface area contributed by atoms with Gasteiger partial charge in [0.25, 0.3) is 0 Å². The van der Waals surface area contributed by atoms with Crippen molar-refractivity contribution in [1.29, 1.82) is 0 Å². The van der Waals surface area contributed by atoms with Crippen molar-refractivity contribution in [3.8, 4) is 11.3 Å². The number of halogens is 1. The highest BCUT2D eigenvalue weighted by Crippen LogP contribution is 2.42. The number of anilines is 1. The number of carbonyl (C=O) groups is 1. The summed E-state index contributed by atoms with van der Waals surface area (Å²) < 4.78 is 13.8. The molecular weight excluding hydrogens is 305 g/mol. The number of aromatic nitrogens is 1. The summed E-state index contributed by atoms with van der Waals surface area (Å²) in [7, 11) is 0. The smallest absolute Gasteiger partial charge is 0.219 e. The Hall–Kier alpha value is -2.43. The highest BCUT2D eigenvalue weighted by atomic mass is 19.1. The molecular formula is C19H20FN3O. The van der Waals surface area contributed by atoms with E-state index in [1.807, 2.05) is 23.1 Å². The molecule has 4 nitrogen and oxygen atoms in total. The average Bonchev–Trinajstić information content (AvgIpc) is 2.47. The van der Waals surface area contributed by atoms with Crippen LogP contribution >= 0.6 is 0 Å². The summed E-state index contributed by atoms with van der Waals surface area (Å²) in [4.78, 5) is 19.9. The van der Waals surface area contributed by atoms with Crippen LogP contribution in [0.4, 0.5) is 10.1 Å². The third kappa shape index (κ3) is 2.44. The van der Waals surface area contributed by atoms with E-state index >= 15 is 0 Å². The van der Waals surface area contributed by atoms with Crippen LogP contribution in [0.1, 0.15) is 12.5 Å². The minimum atomic E-state index is -0.207. The molecule has 3 heterocycles. The molecule has 2 saturated heterocycles. The van der Waals surface area contributed by atoms with E-state index < -0.39 is 0 Å². The highest BCUT2D eigenvalue weighted by molar-refractivity contribution is 5.75. The molecule has 1 aromatic heterocycles. The minimum Gasteiger partial charge on any atom is -0.370 e. The van der Waals surface area contributed by atoms with E-state index in [4.69, 9.17) is 0 Å². The Bertz CT molecular complexity index is 806. The quantitative estimate of drug-likeness (QED) is 0.852. The van der Waals surface area contributed by atoms with Gasteiger partial charge in [0, 0.05) is 56.0 Å². The van der Waals surface area contributed by atoms with Gasteiger partial charge in [-0.2, -0.15) is 0 Å². The van der Waals surface area contributed by atoms with Crippen molar-refractivity contribution in [2.24, 2.45) is 5.41 Å². The summed E-state index contributed by atoms with van der Waals surface area (Å²) in [5.41, 5.74) is 3.59. The number of amides is 1. The third-order valence-corrected chi connectivity index (χ3v) is 5.13. The maximum Gasteiger partial charge on any atom is 0.219 e. The van der Waals surface area contributed by atoms with Crippen molar-refractivity contribution >= 4 is 11.6 Å². The van der Waals surface area contributed by atoms with E-state index in [0.29, 0.717) is 5.56 Å². The molecule has 1 amide bonds. The Morgan fingerprint density at radius 2 is 1.92 bits per heavy atom. The molecule has 2 aromatic rings. The van der Waals surface area contributed by atoms with Crippen LogP contribution in [0.3, 0.4) is 0 Å². The second-order valence-corrected chi connectivity index (χ2v) is 7.09. The predicted octanol–water partition coefficient (Wildman–Crippen LogP) is 2.86. The molecule has 1 aromatic carbocycles. The number of nitrogens with zero attached hydrogens (tertiary/aromatic N) is 3. The molecule has 0 N–H and O–H groups in total. The number of hydrogen-bond donors (Lipinski definition) is 0. The predicted molar refractivity (Wildman–Crippen MR) is 91.3 cm³/mol. The van der Waals surface area contributed by atoms with Crippen LogP contribution in [-0.4, -0.2) is 42.0 Å². The topological polar surface area (TPSA) is 36.4 Å². The molecule has 1 spiro atoms. The van der Waals surface area contributed by atoms with E-state index in [-0.39, 0.29) is 17.1 Å². The number of hydrogen-bond acceptors (Lipinski definition) is 3. The molecule has 4 rings (SSSR count). The lowest BCUT2D eigenvalue weighted by Crippen LogP contribution is -2.72. The first-order chi connectivity index (χ1) is 11.5. The van der Waals surface area contributed by atoms with Crippen LogP contribution in [0.25, 0.3) is 11.3 Å². The van der Waals surface area contributed by atoms with E-state index in [1.165, 1.54) is 6.07 Å². The van der Waals surface area contributed by atoms with Crippen LogP contribution in [0, 0.1) is 18.2 Å². The molecule has 2 aliphatic heterocycles. The van der Waals surface area contributed by atoms with Gasteiger partial charge in [-0.25, -0.2) is 4.39 Å². The summed E-state index contributed by atoms with van der Waals surface area (Å²) in [5, 5.41) is 0. The maximum absolute atomic E-state index is 13.8. The molecule has 0 atom stereocenters. The second kappa shape index (κ2) is 5.30. The van der Waals surface area contributed by atoms with Crippen LogP contribution in [-0.2, 0) is 4.79 Å². The largest absolute Gasteiger partial charge is 0.370 e. The van der Waals surface area contributed by atoms with Gasteiger partial charge in [-0.1, -0.05) is 12.1 Å². The van der Waals surface area contributed by atoms with Crippen molar-refractivity contribution in [3.63, 3.8) is 0 Å². The monoisotopic (exact) mass is 325 g/mol. The van der Waals surface area contributed by atoms with Gasteiger partial charge in [0.15, 0.2) is 0 Å². The Labute approximate surface area is 140 Å². The van der Waals surface area contributed by atoms with Gasteiger partial charge < -0.3 is 9.80 Å². The van der Waals surface area contributed by atoms with Gasteiger partial charge in [-0.15, -0.1) is 0 Å². The average molecular weight is 325 g/mol. The molecule has 0 bridgehead atoms. The zero-order valence-electron chi connectivity index (χ0n) is 13.9. The van der Waals surface area contributed by atoms with Gasteiger partial charge in [0.2, 0.25) is 5.91 Å². The number of pyridine rings is 1. The summed E-state index contributed by atoms with van der Waals surface area (Å²) in [5.74, 6) is -0.0481. The first kappa shape index (κ1) is 15.1. The molecule has 0 aliphatic carbocycles. The number of aryl methyl sites for hydroxylation is 1. The molecule has 124 valence electrons. The van der Waals surface area contributed by atoms with Crippen LogP contribution < -0.4 is 4.90 Å². The fourth-order valence-electron chi connectivity index (χ4n) is 3.66. The maximum atomic E-state index is 13.8. The van der Waals surface area contributed by atoms with Crippen molar-refractivity contribution in [2.75, 3.05) is 31.1 Å². The van der Waals surface area contributed by atoms with Crippen molar-refractivity contribution in [3.05, 3.63) is 47.9 Å². The Morgan fingerprint density at radius 1 is 1.17 bits per heavy atom. The van der Waals surface area contributed by atoms with Gasteiger partial charge in [-0.3, -0.25) is 9.78 Å². The minimum absolute atomic E-state index is 0.159. The molecule has 0 radical (unpaired) electrons. The summed E-state index contributed by atoms with van der Waals surface area (Å²) in [6, 6.07) is 9.22. The van der Waals surface area contributed by atoms with E-state index in [1.54, 1.807) is 26.1 Å². The molecule has 2 fully saturated rings. The lowest BCUT2D eigenvalue weighted by atomic mass is 9.72. The fraction of sp³-hybridized carbons (Fsp3) is 0.368. The highest BCUT2D eigenvalue weighted by Gasteiger charge is 2.52. The Morgan fingerprint density at radius 3 is 2.58 bits per heavy atom. The fourth-order valence-corrected chi connectivity index (χ4v) is 3.66. The standard InChI is InChI=1S/C19H20FN3O/c1-13-3-4-15(7-17(13)20)18-8-16(5-6-21-18)23-11-19(12-23)9-22(10-19)14(2)24/h3-8H,9-12H2,1-2H3. The number of rotatable bonds is 2. The first-order valence-corrected chi connectivity index (χ1v) is 8.19. The number of likely N-dealkylation sites (tertiary alicyclic amines) is 1. The van der Waals surface area contributed by atoms with Gasteiger partial charge in [-0.05, 0) is 30.7 Å². The van der Waals surface area contributed by atoms with Crippen molar-refractivity contribution in [1.82, 2.24) is 9.88 Å². The third-order valence-electron chi connectivity index (χ3n) is 5.13. The first-order valence-electron chi connectivity index (χ1n) is 8.19. The summed E-state index contributed by atoms with van der Waals surface area (Å²) in [6.45, 7) is 7.02. The van der Waals surface area contributed by atoms with E-state index in [2.05, 4.69) is 9.88 Å². The van der Waals surface area contributed by atoms with Gasteiger partial charge >= 0.3 is 0 Å². The van der Waals surface area contributed by atoms with E-state index in [9.17, 15) is 9.18 Å². The van der Waals surface area contributed by atoms with Gasteiger partial charge in [0.05, 0.1) is 5.69 Å². The van der Waals surface area contributed by atoms with Gasteiger partial charge in [0.1, 0.15) is 5.82 Å². The number of benzene rings is 1. The molecule has 24 heavy (non-hydrogen) atoms.